The zero-order valence-electron chi connectivity index (χ0n) is 24.3. The van der Waals surface area contributed by atoms with E-state index in [0.29, 0.717) is 0 Å². The summed E-state index contributed by atoms with van der Waals surface area (Å²) in [4.78, 5) is 0. The smallest absolute Gasteiger partial charge is 0.139 e. The van der Waals surface area contributed by atoms with Crippen molar-refractivity contribution < 1.29 is 4.42 Å². The van der Waals surface area contributed by atoms with Gasteiger partial charge in [0.2, 0.25) is 0 Å². The first kappa shape index (κ1) is 24.5. The maximum Gasteiger partial charge on any atom is 0.139 e. The molecule has 1 aliphatic rings. The van der Waals surface area contributed by atoms with E-state index in [1.54, 1.807) is 0 Å². The standard InChI is InChI=1S/C38H38O/c1-36(2,3)32-20-25(19-23-11-8-9-13-27(23)32)26-14-10-12-24-21-33-30(22-29(24)26)28-15-16-31-34(35(28)39-33)38(6,7)18-17-37(31,4)5/h8-16,19-22H,17-18H2,1-7H3. The molecule has 0 aliphatic heterocycles. The van der Waals surface area contributed by atoms with Crippen LogP contribution >= 0.6 is 0 Å². The fourth-order valence-electron chi connectivity index (χ4n) is 7.07. The summed E-state index contributed by atoms with van der Waals surface area (Å²) in [6, 6.07) is 29.6. The Balaban J connectivity index is 1.52. The van der Waals surface area contributed by atoms with Crippen LogP contribution in [0.3, 0.4) is 0 Å². The lowest BCUT2D eigenvalue weighted by Crippen LogP contribution is -2.33. The lowest BCUT2D eigenvalue weighted by molar-refractivity contribution is 0.331. The average Bonchev–Trinajstić information content (AvgIpc) is 3.25. The van der Waals surface area contributed by atoms with Gasteiger partial charge in [0.1, 0.15) is 11.2 Å². The van der Waals surface area contributed by atoms with Crippen LogP contribution in [0, 0.1) is 0 Å². The zero-order valence-corrected chi connectivity index (χ0v) is 24.3. The van der Waals surface area contributed by atoms with Gasteiger partial charge in [-0.15, -0.1) is 0 Å². The molecule has 39 heavy (non-hydrogen) atoms. The fourth-order valence-corrected chi connectivity index (χ4v) is 7.07. The van der Waals surface area contributed by atoms with E-state index in [9.17, 15) is 0 Å². The third-order valence-electron chi connectivity index (χ3n) is 9.40. The summed E-state index contributed by atoms with van der Waals surface area (Å²) in [5.41, 5.74) is 9.16. The summed E-state index contributed by atoms with van der Waals surface area (Å²) in [6.07, 6.45) is 2.38. The largest absolute Gasteiger partial charge is 0.456 e. The van der Waals surface area contributed by atoms with E-state index in [1.807, 2.05) is 0 Å². The van der Waals surface area contributed by atoms with Crippen molar-refractivity contribution >= 4 is 43.5 Å². The molecule has 0 N–H and O–H groups in total. The molecular weight excluding hydrogens is 472 g/mol. The lowest BCUT2D eigenvalue weighted by atomic mass is 9.63. The summed E-state index contributed by atoms with van der Waals surface area (Å²) in [6.45, 7) is 16.5. The molecule has 0 atom stereocenters. The van der Waals surface area contributed by atoms with Crippen molar-refractivity contribution in [2.45, 2.75) is 77.6 Å². The third-order valence-corrected chi connectivity index (χ3v) is 9.40. The molecule has 6 aromatic rings. The highest BCUT2D eigenvalue weighted by Crippen LogP contribution is 2.50. The van der Waals surface area contributed by atoms with Crippen LogP contribution in [0.5, 0.6) is 0 Å². The van der Waals surface area contributed by atoms with Crippen LogP contribution in [0.4, 0.5) is 0 Å². The van der Waals surface area contributed by atoms with Crippen LogP contribution in [0.1, 0.15) is 78.0 Å². The lowest BCUT2D eigenvalue weighted by Gasteiger charge is -2.41. The summed E-state index contributed by atoms with van der Waals surface area (Å²) in [5.74, 6) is 0. The molecule has 5 aromatic carbocycles. The molecule has 0 bridgehead atoms. The minimum Gasteiger partial charge on any atom is -0.456 e. The van der Waals surface area contributed by atoms with Gasteiger partial charge in [-0.1, -0.05) is 103 Å². The SMILES string of the molecule is CC(C)(C)c1cc(-c2cccc3cc4oc5c6c(ccc5c4cc23)C(C)(C)CCC6(C)C)cc2ccccc12. The van der Waals surface area contributed by atoms with E-state index in [-0.39, 0.29) is 16.2 Å². The number of rotatable bonds is 1. The molecule has 1 heterocycles. The first-order chi connectivity index (χ1) is 18.4. The normalized spacial score (nSPS) is 16.8. The Hall–Kier alpha value is -3.58. The summed E-state index contributed by atoms with van der Waals surface area (Å²) in [7, 11) is 0. The second-order valence-corrected chi connectivity index (χ2v) is 14.1. The molecule has 7 rings (SSSR count). The monoisotopic (exact) mass is 510 g/mol. The van der Waals surface area contributed by atoms with Crippen LogP contribution < -0.4 is 0 Å². The van der Waals surface area contributed by atoms with Gasteiger partial charge in [0.05, 0.1) is 0 Å². The molecule has 0 saturated carbocycles. The number of fused-ring (bicyclic) bond motifs is 7. The van der Waals surface area contributed by atoms with Gasteiger partial charge in [-0.05, 0) is 97.2 Å². The summed E-state index contributed by atoms with van der Waals surface area (Å²) < 4.78 is 6.75. The fraction of sp³-hybridized carbons (Fsp3) is 0.316. The molecular formula is C38H38O. The second kappa shape index (κ2) is 7.98. The number of hydrogen-bond donors (Lipinski definition) is 0. The number of hydrogen-bond acceptors (Lipinski definition) is 1. The minimum absolute atomic E-state index is 0.0495. The van der Waals surface area contributed by atoms with E-state index < -0.39 is 0 Å². The van der Waals surface area contributed by atoms with Gasteiger partial charge < -0.3 is 4.42 Å². The Labute approximate surface area is 231 Å². The maximum atomic E-state index is 6.75. The predicted molar refractivity (Wildman–Crippen MR) is 168 cm³/mol. The van der Waals surface area contributed by atoms with E-state index in [1.165, 1.54) is 73.0 Å². The number of benzene rings is 5. The molecule has 1 heteroatoms. The van der Waals surface area contributed by atoms with Gasteiger partial charge in [0.25, 0.3) is 0 Å². The van der Waals surface area contributed by atoms with Crippen molar-refractivity contribution in [3.05, 3.63) is 95.6 Å². The Kier molecular flexibility index (Phi) is 5.00. The molecule has 0 unspecified atom stereocenters. The van der Waals surface area contributed by atoms with Gasteiger partial charge in [-0.2, -0.15) is 0 Å². The van der Waals surface area contributed by atoms with Crippen molar-refractivity contribution in [1.82, 2.24) is 0 Å². The molecule has 0 fully saturated rings. The molecule has 196 valence electrons. The van der Waals surface area contributed by atoms with Gasteiger partial charge >= 0.3 is 0 Å². The Morgan fingerprint density at radius 2 is 1.36 bits per heavy atom. The van der Waals surface area contributed by atoms with Gasteiger partial charge in [0, 0.05) is 16.3 Å². The van der Waals surface area contributed by atoms with Crippen molar-refractivity contribution in [3.8, 4) is 11.1 Å². The summed E-state index contributed by atoms with van der Waals surface area (Å²) in [5, 5.41) is 7.58. The first-order valence-corrected chi connectivity index (χ1v) is 14.4. The van der Waals surface area contributed by atoms with Crippen molar-refractivity contribution in [2.75, 3.05) is 0 Å². The average molecular weight is 511 g/mol. The van der Waals surface area contributed by atoms with Crippen molar-refractivity contribution in [3.63, 3.8) is 0 Å². The zero-order chi connectivity index (χ0) is 27.3. The van der Waals surface area contributed by atoms with Crippen LogP contribution in [-0.2, 0) is 16.2 Å². The quantitative estimate of drug-likeness (QED) is 0.214. The maximum absolute atomic E-state index is 6.75. The topological polar surface area (TPSA) is 13.1 Å². The first-order valence-electron chi connectivity index (χ1n) is 14.4. The highest BCUT2D eigenvalue weighted by molar-refractivity contribution is 6.13. The molecule has 1 aliphatic carbocycles. The van der Waals surface area contributed by atoms with Crippen molar-refractivity contribution in [2.24, 2.45) is 0 Å². The highest BCUT2D eigenvalue weighted by Gasteiger charge is 2.39. The van der Waals surface area contributed by atoms with Crippen LogP contribution in [0.15, 0.2) is 83.3 Å². The predicted octanol–water partition coefficient (Wildman–Crippen LogP) is 11.2. The summed E-state index contributed by atoms with van der Waals surface area (Å²) >= 11 is 0. The van der Waals surface area contributed by atoms with Gasteiger partial charge in [0.15, 0.2) is 0 Å². The van der Waals surface area contributed by atoms with Crippen molar-refractivity contribution in [1.29, 1.82) is 0 Å². The second-order valence-electron chi connectivity index (χ2n) is 14.1. The Morgan fingerprint density at radius 1 is 0.641 bits per heavy atom. The van der Waals surface area contributed by atoms with Gasteiger partial charge in [-0.25, -0.2) is 0 Å². The molecule has 1 aromatic heterocycles. The van der Waals surface area contributed by atoms with Crippen LogP contribution in [0.25, 0.3) is 54.6 Å². The number of furan rings is 1. The van der Waals surface area contributed by atoms with E-state index in [2.05, 4.69) is 127 Å². The van der Waals surface area contributed by atoms with Crippen LogP contribution in [0.2, 0.25) is 0 Å². The van der Waals surface area contributed by atoms with E-state index in [4.69, 9.17) is 4.42 Å². The molecule has 0 amide bonds. The molecule has 0 saturated heterocycles. The Morgan fingerprint density at radius 3 is 2.15 bits per heavy atom. The Bertz CT molecular complexity index is 1940. The molecule has 0 spiro atoms. The molecule has 1 nitrogen and oxygen atoms in total. The highest BCUT2D eigenvalue weighted by atomic mass is 16.3. The van der Waals surface area contributed by atoms with E-state index >= 15 is 0 Å². The molecule has 0 radical (unpaired) electrons. The van der Waals surface area contributed by atoms with E-state index in [0.717, 1.165) is 11.2 Å². The third kappa shape index (κ3) is 3.66. The van der Waals surface area contributed by atoms with Gasteiger partial charge in [-0.3, -0.25) is 0 Å². The minimum atomic E-state index is 0.0495. The van der Waals surface area contributed by atoms with Crippen LogP contribution in [-0.4, -0.2) is 0 Å².